The van der Waals surface area contributed by atoms with Crippen LogP contribution in [0.5, 0.6) is 0 Å². The van der Waals surface area contributed by atoms with Crippen LogP contribution in [0.15, 0.2) is 72.3 Å². The second-order valence-electron chi connectivity index (χ2n) is 8.12. The maximum Gasteiger partial charge on any atom is 0.309 e. The molecule has 6 heteroatoms. The molecule has 0 spiro atoms. The van der Waals surface area contributed by atoms with Crippen LogP contribution in [0, 0.1) is 11.8 Å². The molecule has 3 aromatic rings. The number of benzene rings is 2. The smallest absolute Gasteiger partial charge is 0.309 e. The fraction of sp³-hybridized carbons (Fsp3) is 0.320. The molecule has 0 bridgehead atoms. The van der Waals surface area contributed by atoms with Crippen molar-refractivity contribution in [1.82, 2.24) is 4.57 Å². The van der Waals surface area contributed by atoms with E-state index < -0.39 is 0 Å². The van der Waals surface area contributed by atoms with E-state index >= 15 is 0 Å². The lowest BCUT2D eigenvalue weighted by Crippen LogP contribution is -2.36. The Morgan fingerprint density at radius 2 is 1.87 bits per heavy atom. The lowest BCUT2D eigenvalue weighted by Gasteiger charge is -2.10. The quantitative estimate of drug-likeness (QED) is 0.210. The standard InChI is InChI=1S/C25H27N3O3/c1-3-23-21(16-31-25(23)29)13-22-14-28(17-27(22)2)15-24(26-30)20-11-9-19(10-12-20)18-7-5-4-6-8-18/h4-12,14,17,21,23H,3,13,15-16H2,1-2H3/p+1/b26-24+. The van der Waals surface area contributed by atoms with E-state index in [0.717, 1.165) is 35.2 Å². The molecule has 0 radical (unpaired) electrons. The fourth-order valence-electron chi connectivity index (χ4n) is 4.31. The SMILES string of the molecule is CCC1C(=O)OCC1Cc1c[n+](C/C(=N\O)c2ccc(-c3ccccc3)cc2)cn1C. The van der Waals surface area contributed by atoms with E-state index in [1.54, 1.807) is 0 Å². The summed E-state index contributed by atoms with van der Waals surface area (Å²) in [7, 11) is 1.99. The molecule has 160 valence electrons. The van der Waals surface area contributed by atoms with Gasteiger partial charge >= 0.3 is 5.97 Å². The van der Waals surface area contributed by atoms with Crippen molar-refractivity contribution in [3.8, 4) is 11.1 Å². The monoisotopic (exact) mass is 418 g/mol. The van der Waals surface area contributed by atoms with Gasteiger partial charge in [0.1, 0.15) is 24.1 Å². The van der Waals surface area contributed by atoms with Crippen LogP contribution in [0.3, 0.4) is 0 Å². The van der Waals surface area contributed by atoms with Gasteiger partial charge in [0.05, 0.1) is 19.6 Å². The van der Waals surface area contributed by atoms with Crippen molar-refractivity contribution in [2.45, 2.75) is 26.3 Å². The van der Waals surface area contributed by atoms with Crippen LogP contribution in [0.1, 0.15) is 24.6 Å². The molecule has 0 saturated carbocycles. The number of imidazole rings is 1. The molecule has 1 saturated heterocycles. The summed E-state index contributed by atoms with van der Waals surface area (Å²) < 4.78 is 9.33. The number of carbonyl (C=O) groups excluding carboxylic acids is 1. The second kappa shape index (κ2) is 9.16. The Kier molecular flexibility index (Phi) is 6.16. The minimum absolute atomic E-state index is 0.0268. The van der Waals surface area contributed by atoms with Crippen LogP contribution in [0.25, 0.3) is 11.1 Å². The molecule has 2 aromatic carbocycles. The third-order valence-corrected chi connectivity index (χ3v) is 6.09. The van der Waals surface area contributed by atoms with Gasteiger partial charge < -0.3 is 9.94 Å². The van der Waals surface area contributed by atoms with Gasteiger partial charge in [0.2, 0.25) is 6.33 Å². The van der Waals surface area contributed by atoms with Gasteiger partial charge in [-0.1, -0.05) is 66.7 Å². The number of rotatable bonds is 7. The summed E-state index contributed by atoms with van der Waals surface area (Å²) >= 11 is 0. The summed E-state index contributed by atoms with van der Waals surface area (Å²) in [6.45, 7) is 2.97. The Hall–Kier alpha value is -3.41. The minimum atomic E-state index is -0.0803. The van der Waals surface area contributed by atoms with Crippen molar-refractivity contribution in [2.75, 3.05) is 6.61 Å². The van der Waals surface area contributed by atoms with Crippen molar-refractivity contribution in [3.63, 3.8) is 0 Å². The number of oxime groups is 1. The molecule has 31 heavy (non-hydrogen) atoms. The first-order valence-electron chi connectivity index (χ1n) is 10.7. The minimum Gasteiger partial charge on any atom is -0.465 e. The second-order valence-corrected chi connectivity index (χ2v) is 8.12. The Morgan fingerprint density at radius 3 is 2.55 bits per heavy atom. The Morgan fingerprint density at radius 1 is 1.16 bits per heavy atom. The van der Waals surface area contributed by atoms with Gasteiger partial charge in [-0.2, -0.15) is 0 Å². The van der Waals surface area contributed by atoms with Crippen LogP contribution in [0.4, 0.5) is 0 Å². The van der Waals surface area contributed by atoms with Crippen molar-refractivity contribution in [2.24, 2.45) is 24.0 Å². The van der Waals surface area contributed by atoms with Crippen molar-refractivity contribution in [3.05, 3.63) is 78.4 Å². The third kappa shape index (κ3) is 4.53. The first kappa shape index (κ1) is 20.8. The number of aromatic nitrogens is 2. The molecule has 2 atom stereocenters. The molecule has 1 aromatic heterocycles. The Bertz CT molecular complexity index is 1070. The number of cyclic esters (lactones) is 1. The van der Waals surface area contributed by atoms with Crippen LogP contribution in [-0.2, 0) is 29.5 Å². The topological polar surface area (TPSA) is 67.7 Å². The molecule has 0 aliphatic carbocycles. The molecule has 6 nitrogen and oxygen atoms in total. The van der Waals surface area contributed by atoms with Crippen molar-refractivity contribution < 1.29 is 19.3 Å². The normalized spacial score (nSPS) is 18.9. The zero-order valence-electron chi connectivity index (χ0n) is 17.9. The molecular formula is C25H28N3O3+. The zero-order chi connectivity index (χ0) is 21.8. The molecule has 1 fully saturated rings. The van der Waals surface area contributed by atoms with Gasteiger partial charge in [-0.25, -0.2) is 9.13 Å². The van der Waals surface area contributed by atoms with Crippen LogP contribution in [-0.4, -0.2) is 28.1 Å². The first-order chi connectivity index (χ1) is 15.1. The summed E-state index contributed by atoms with van der Waals surface area (Å²) in [5.74, 6) is 0.0975. The lowest BCUT2D eigenvalue weighted by atomic mass is 9.89. The van der Waals surface area contributed by atoms with E-state index in [9.17, 15) is 10.0 Å². The lowest BCUT2D eigenvalue weighted by molar-refractivity contribution is -0.681. The summed E-state index contributed by atoms with van der Waals surface area (Å²) in [4.78, 5) is 11.9. The average molecular weight is 419 g/mol. The Labute approximate surface area is 182 Å². The van der Waals surface area contributed by atoms with Gasteiger partial charge in [-0.15, -0.1) is 0 Å². The van der Waals surface area contributed by atoms with Crippen molar-refractivity contribution >= 4 is 11.7 Å². The van der Waals surface area contributed by atoms with E-state index in [4.69, 9.17) is 4.74 Å². The molecule has 2 unspecified atom stereocenters. The number of ether oxygens (including phenoxy) is 1. The summed E-state index contributed by atoms with van der Waals surface area (Å²) in [6.07, 6.45) is 5.62. The molecule has 1 N–H and O–H groups in total. The predicted molar refractivity (Wildman–Crippen MR) is 118 cm³/mol. The van der Waals surface area contributed by atoms with Crippen LogP contribution < -0.4 is 4.57 Å². The number of carbonyl (C=O) groups is 1. The third-order valence-electron chi connectivity index (χ3n) is 6.09. The zero-order valence-corrected chi connectivity index (χ0v) is 17.9. The number of nitrogens with zero attached hydrogens (tertiary/aromatic N) is 3. The van der Waals surface area contributed by atoms with E-state index in [0.29, 0.717) is 18.9 Å². The van der Waals surface area contributed by atoms with Gasteiger partial charge in [0.15, 0.2) is 0 Å². The Balaban J connectivity index is 1.47. The highest BCUT2D eigenvalue weighted by atomic mass is 16.5. The van der Waals surface area contributed by atoms with Gasteiger partial charge in [-0.05, 0) is 17.5 Å². The predicted octanol–water partition coefficient (Wildman–Crippen LogP) is 3.60. The van der Waals surface area contributed by atoms with Crippen LogP contribution >= 0.6 is 0 Å². The largest absolute Gasteiger partial charge is 0.465 e. The highest BCUT2D eigenvalue weighted by Crippen LogP contribution is 2.28. The van der Waals surface area contributed by atoms with Crippen molar-refractivity contribution in [1.29, 1.82) is 0 Å². The number of hydrogen-bond acceptors (Lipinski definition) is 4. The summed E-state index contributed by atoms with van der Waals surface area (Å²) in [6, 6.07) is 18.2. The van der Waals surface area contributed by atoms with E-state index in [-0.39, 0.29) is 17.8 Å². The first-order valence-corrected chi connectivity index (χ1v) is 10.7. The number of esters is 1. The van der Waals surface area contributed by atoms with E-state index in [1.165, 1.54) is 0 Å². The van der Waals surface area contributed by atoms with Gasteiger partial charge in [0, 0.05) is 17.9 Å². The molecular weight excluding hydrogens is 390 g/mol. The summed E-state index contributed by atoms with van der Waals surface area (Å²) in [5, 5.41) is 13.2. The van der Waals surface area contributed by atoms with E-state index in [2.05, 4.69) is 28.1 Å². The molecule has 1 aliphatic heterocycles. The van der Waals surface area contributed by atoms with Gasteiger partial charge in [0.25, 0.3) is 0 Å². The fourth-order valence-corrected chi connectivity index (χ4v) is 4.31. The van der Waals surface area contributed by atoms with E-state index in [1.807, 2.05) is 67.3 Å². The van der Waals surface area contributed by atoms with Gasteiger partial charge in [-0.3, -0.25) is 4.79 Å². The number of aryl methyl sites for hydroxylation is 1. The molecule has 2 heterocycles. The molecule has 4 rings (SSSR count). The summed E-state index contributed by atoms with van der Waals surface area (Å²) in [5.41, 5.74) is 4.86. The molecule has 1 aliphatic rings. The highest BCUT2D eigenvalue weighted by Gasteiger charge is 2.36. The maximum absolute atomic E-state index is 11.9. The highest BCUT2D eigenvalue weighted by molar-refractivity contribution is 5.99. The molecule has 0 amide bonds. The maximum atomic E-state index is 11.9. The average Bonchev–Trinajstić information content (AvgIpc) is 3.34. The van der Waals surface area contributed by atoms with Crippen LogP contribution in [0.2, 0.25) is 0 Å². The number of hydrogen-bond donors (Lipinski definition) is 1.